The third-order valence-electron chi connectivity index (χ3n) is 5.21. The average Bonchev–Trinajstić information content (AvgIpc) is 3.31. The SMILES string of the molecule is CCn1c(SCC(=O)Nc2ccc(Cl)c(Cl)c2)nnc1-c1csc2c1CCC(C)C2. The van der Waals surface area contributed by atoms with Crippen LogP contribution in [0.4, 0.5) is 5.69 Å². The number of thiophene rings is 1. The first kappa shape index (κ1) is 21.7. The first-order chi connectivity index (χ1) is 14.5. The van der Waals surface area contributed by atoms with Gasteiger partial charge in [0.05, 0.1) is 15.8 Å². The van der Waals surface area contributed by atoms with Gasteiger partial charge in [-0.05, 0) is 55.9 Å². The van der Waals surface area contributed by atoms with E-state index in [0.717, 1.165) is 36.3 Å². The molecular formula is C21H22Cl2N4OS2. The molecule has 30 heavy (non-hydrogen) atoms. The van der Waals surface area contributed by atoms with E-state index in [-0.39, 0.29) is 11.7 Å². The molecule has 0 bridgehead atoms. The minimum atomic E-state index is -0.132. The van der Waals surface area contributed by atoms with E-state index in [1.54, 1.807) is 18.2 Å². The van der Waals surface area contributed by atoms with Crippen LogP contribution in [0.3, 0.4) is 0 Å². The molecule has 2 heterocycles. The molecule has 158 valence electrons. The highest BCUT2D eigenvalue weighted by molar-refractivity contribution is 7.99. The molecule has 2 aromatic heterocycles. The third kappa shape index (κ3) is 4.54. The molecule has 1 atom stereocenters. The second-order valence-electron chi connectivity index (χ2n) is 7.42. The molecule has 0 aliphatic heterocycles. The topological polar surface area (TPSA) is 59.8 Å². The predicted octanol–water partition coefficient (Wildman–Crippen LogP) is 6.19. The Morgan fingerprint density at radius 2 is 2.17 bits per heavy atom. The molecule has 0 radical (unpaired) electrons. The highest BCUT2D eigenvalue weighted by Gasteiger charge is 2.24. The molecule has 1 aromatic carbocycles. The molecule has 0 fully saturated rings. The van der Waals surface area contributed by atoms with Crippen LogP contribution in [-0.2, 0) is 24.2 Å². The van der Waals surface area contributed by atoms with Gasteiger partial charge in [-0.15, -0.1) is 21.5 Å². The van der Waals surface area contributed by atoms with E-state index in [1.165, 1.54) is 34.2 Å². The molecule has 4 rings (SSSR count). The van der Waals surface area contributed by atoms with E-state index in [2.05, 4.69) is 39.3 Å². The van der Waals surface area contributed by atoms with Crippen LogP contribution in [0.15, 0.2) is 28.7 Å². The lowest BCUT2D eigenvalue weighted by atomic mass is 9.88. The lowest BCUT2D eigenvalue weighted by Crippen LogP contribution is -2.14. The largest absolute Gasteiger partial charge is 0.325 e. The van der Waals surface area contributed by atoms with Crippen LogP contribution >= 0.6 is 46.3 Å². The van der Waals surface area contributed by atoms with Crippen LogP contribution < -0.4 is 5.32 Å². The van der Waals surface area contributed by atoms with Gasteiger partial charge in [-0.25, -0.2) is 0 Å². The Hall–Kier alpha value is -1.54. The molecule has 0 saturated carbocycles. The Kier molecular flexibility index (Phi) is 6.72. The summed E-state index contributed by atoms with van der Waals surface area (Å²) in [6.45, 7) is 5.14. The summed E-state index contributed by atoms with van der Waals surface area (Å²) < 4.78 is 2.09. The number of fused-ring (bicyclic) bond motifs is 1. The zero-order valence-electron chi connectivity index (χ0n) is 16.7. The Labute approximate surface area is 194 Å². The second kappa shape index (κ2) is 9.30. The zero-order valence-corrected chi connectivity index (χ0v) is 19.9. The molecule has 9 heteroatoms. The molecule has 1 amide bonds. The predicted molar refractivity (Wildman–Crippen MR) is 126 cm³/mol. The fourth-order valence-corrected chi connectivity index (χ4v) is 5.99. The average molecular weight is 481 g/mol. The molecule has 3 aromatic rings. The number of nitrogens with zero attached hydrogens (tertiary/aromatic N) is 3. The number of anilines is 1. The smallest absolute Gasteiger partial charge is 0.234 e. The van der Waals surface area contributed by atoms with Crippen LogP contribution in [0.1, 0.15) is 30.7 Å². The fourth-order valence-electron chi connectivity index (χ4n) is 3.65. The maximum absolute atomic E-state index is 12.4. The molecule has 1 aliphatic carbocycles. The molecular weight excluding hydrogens is 459 g/mol. The minimum absolute atomic E-state index is 0.132. The van der Waals surface area contributed by atoms with Gasteiger partial charge in [0.1, 0.15) is 0 Å². The summed E-state index contributed by atoms with van der Waals surface area (Å²) >= 11 is 15.1. The molecule has 0 spiro atoms. The van der Waals surface area contributed by atoms with Gasteiger partial charge >= 0.3 is 0 Å². The number of carbonyl (C=O) groups is 1. The van der Waals surface area contributed by atoms with Crippen molar-refractivity contribution in [3.63, 3.8) is 0 Å². The minimum Gasteiger partial charge on any atom is -0.325 e. The van der Waals surface area contributed by atoms with Gasteiger partial charge in [0, 0.05) is 28.1 Å². The highest BCUT2D eigenvalue weighted by Crippen LogP contribution is 2.38. The highest BCUT2D eigenvalue weighted by atomic mass is 35.5. The third-order valence-corrected chi connectivity index (χ3v) is 7.97. The van der Waals surface area contributed by atoms with E-state index in [1.807, 2.05) is 11.3 Å². The first-order valence-electron chi connectivity index (χ1n) is 9.86. The molecule has 1 N–H and O–H groups in total. The number of hydrogen-bond acceptors (Lipinski definition) is 5. The fraction of sp³-hybridized carbons (Fsp3) is 0.381. The maximum Gasteiger partial charge on any atom is 0.234 e. The number of halogens is 2. The van der Waals surface area contributed by atoms with Crippen molar-refractivity contribution in [2.24, 2.45) is 5.92 Å². The van der Waals surface area contributed by atoms with E-state index in [4.69, 9.17) is 23.2 Å². The van der Waals surface area contributed by atoms with E-state index in [9.17, 15) is 4.79 Å². The normalized spacial score (nSPS) is 15.8. The molecule has 1 unspecified atom stereocenters. The Bertz CT molecular complexity index is 1080. The van der Waals surface area contributed by atoms with Crippen LogP contribution in [0, 0.1) is 5.92 Å². The number of thioether (sulfide) groups is 1. The van der Waals surface area contributed by atoms with Crippen molar-refractivity contribution in [2.75, 3.05) is 11.1 Å². The van der Waals surface area contributed by atoms with Gasteiger partial charge in [0.2, 0.25) is 5.91 Å². The molecule has 5 nitrogen and oxygen atoms in total. The summed E-state index contributed by atoms with van der Waals surface area (Å²) in [6.07, 6.45) is 3.46. The Morgan fingerprint density at radius 1 is 1.33 bits per heavy atom. The number of nitrogens with one attached hydrogen (secondary N) is 1. The standard InChI is InChI=1S/C21H22Cl2N4OS2/c1-3-27-20(15-10-29-18-8-12(2)4-6-14(15)18)25-26-21(27)30-11-19(28)24-13-5-7-16(22)17(23)9-13/h5,7,9-10,12H,3-4,6,8,11H2,1-2H3,(H,24,28). The van der Waals surface area contributed by atoms with Gasteiger partial charge < -0.3 is 9.88 Å². The van der Waals surface area contributed by atoms with Crippen molar-refractivity contribution in [1.29, 1.82) is 0 Å². The molecule has 0 saturated heterocycles. The lowest BCUT2D eigenvalue weighted by molar-refractivity contribution is -0.113. The maximum atomic E-state index is 12.4. The Morgan fingerprint density at radius 3 is 2.93 bits per heavy atom. The van der Waals surface area contributed by atoms with Gasteiger partial charge in [-0.1, -0.05) is 41.9 Å². The Balaban J connectivity index is 1.46. The van der Waals surface area contributed by atoms with E-state index < -0.39 is 0 Å². The summed E-state index contributed by atoms with van der Waals surface area (Å²) in [7, 11) is 0. The van der Waals surface area contributed by atoms with Gasteiger partial charge in [-0.2, -0.15) is 0 Å². The van der Waals surface area contributed by atoms with Crippen LogP contribution in [0.25, 0.3) is 11.4 Å². The van der Waals surface area contributed by atoms with Crippen molar-refractivity contribution in [2.45, 2.75) is 44.8 Å². The van der Waals surface area contributed by atoms with Crippen molar-refractivity contribution in [1.82, 2.24) is 14.8 Å². The number of rotatable bonds is 6. The summed E-state index contributed by atoms with van der Waals surface area (Å²) in [6, 6.07) is 5.03. The first-order valence-corrected chi connectivity index (χ1v) is 12.5. The number of amides is 1. The zero-order chi connectivity index (χ0) is 21.3. The van der Waals surface area contributed by atoms with Crippen molar-refractivity contribution >= 4 is 57.9 Å². The summed E-state index contributed by atoms with van der Waals surface area (Å²) in [4.78, 5) is 13.9. The number of aromatic nitrogens is 3. The lowest BCUT2D eigenvalue weighted by Gasteiger charge is -2.19. The van der Waals surface area contributed by atoms with Gasteiger partial charge in [0.25, 0.3) is 0 Å². The number of carbonyl (C=O) groups excluding carboxylic acids is 1. The van der Waals surface area contributed by atoms with Gasteiger partial charge in [-0.3, -0.25) is 4.79 Å². The second-order valence-corrected chi connectivity index (χ2v) is 10.1. The monoisotopic (exact) mass is 480 g/mol. The van der Waals surface area contributed by atoms with Gasteiger partial charge in [0.15, 0.2) is 11.0 Å². The number of benzene rings is 1. The summed E-state index contributed by atoms with van der Waals surface area (Å²) in [5.41, 5.74) is 3.24. The van der Waals surface area contributed by atoms with E-state index >= 15 is 0 Å². The van der Waals surface area contributed by atoms with E-state index in [0.29, 0.717) is 15.7 Å². The van der Waals surface area contributed by atoms with Crippen LogP contribution in [-0.4, -0.2) is 26.4 Å². The molecule has 1 aliphatic rings. The van der Waals surface area contributed by atoms with Crippen LogP contribution in [0.2, 0.25) is 10.0 Å². The van der Waals surface area contributed by atoms with Crippen molar-refractivity contribution in [3.8, 4) is 11.4 Å². The quantitative estimate of drug-likeness (QED) is 0.427. The van der Waals surface area contributed by atoms with Crippen LogP contribution in [0.5, 0.6) is 0 Å². The van der Waals surface area contributed by atoms with Crippen molar-refractivity contribution < 1.29 is 4.79 Å². The van der Waals surface area contributed by atoms with Crippen molar-refractivity contribution in [3.05, 3.63) is 44.1 Å². The summed E-state index contributed by atoms with van der Waals surface area (Å²) in [5.74, 6) is 1.75. The number of hydrogen-bond donors (Lipinski definition) is 1. The summed E-state index contributed by atoms with van der Waals surface area (Å²) in [5, 5.41) is 15.5.